The van der Waals surface area contributed by atoms with Crippen LogP contribution in [0, 0.1) is 0 Å². The van der Waals surface area contributed by atoms with E-state index in [1.54, 1.807) is 7.11 Å². The number of sulfonamides is 1. The molecule has 6 nitrogen and oxygen atoms in total. The standard InChI is InChI=1S/C13H20N2O4S/c1-14-20(16,17)8-6-15-12-5-7-19-13-4-3-10(18-2)9-11(12)13/h3-4,9,12,14-15H,5-8H2,1-2H3. The van der Waals surface area contributed by atoms with Crippen LogP contribution in [0.4, 0.5) is 0 Å². The van der Waals surface area contributed by atoms with E-state index in [0.29, 0.717) is 13.2 Å². The van der Waals surface area contributed by atoms with Crippen molar-refractivity contribution >= 4 is 10.0 Å². The monoisotopic (exact) mass is 300 g/mol. The maximum atomic E-state index is 11.4. The van der Waals surface area contributed by atoms with E-state index in [2.05, 4.69) is 10.0 Å². The van der Waals surface area contributed by atoms with Crippen molar-refractivity contribution in [1.82, 2.24) is 10.0 Å². The van der Waals surface area contributed by atoms with E-state index in [9.17, 15) is 8.42 Å². The first-order valence-electron chi connectivity index (χ1n) is 6.51. The molecular weight excluding hydrogens is 280 g/mol. The third kappa shape index (κ3) is 3.62. The molecule has 1 aromatic rings. The fourth-order valence-corrected chi connectivity index (χ4v) is 2.77. The molecule has 0 spiro atoms. The summed E-state index contributed by atoms with van der Waals surface area (Å²) in [6.45, 7) is 1.01. The predicted molar refractivity (Wildman–Crippen MR) is 76.7 cm³/mol. The minimum atomic E-state index is -3.18. The Bertz CT molecular complexity index is 559. The maximum absolute atomic E-state index is 11.4. The second kappa shape index (κ2) is 6.43. The summed E-state index contributed by atoms with van der Waals surface area (Å²) in [6, 6.07) is 5.75. The molecule has 1 heterocycles. The van der Waals surface area contributed by atoms with E-state index in [1.165, 1.54) is 7.05 Å². The fourth-order valence-electron chi connectivity index (χ4n) is 2.18. The van der Waals surface area contributed by atoms with Crippen molar-refractivity contribution in [2.45, 2.75) is 12.5 Å². The third-order valence-electron chi connectivity index (χ3n) is 3.33. The Morgan fingerprint density at radius 1 is 1.45 bits per heavy atom. The van der Waals surface area contributed by atoms with Crippen LogP contribution < -0.4 is 19.5 Å². The summed E-state index contributed by atoms with van der Waals surface area (Å²) >= 11 is 0. The Morgan fingerprint density at radius 3 is 2.95 bits per heavy atom. The minimum Gasteiger partial charge on any atom is -0.497 e. The van der Waals surface area contributed by atoms with Gasteiger partial charge in [-0.2, -0.15) is 0 Å². The van der Waals surface area contributed by atoms with E-state index in [-0.39, 0.29) is 11.8 Å². The van der Waals surface area contributed by atoms with Gasteiger partial charge in [0.15, 0.2) is 0 Å². The van der Waals surface area contributed by atoms with Crippen molar-refractivity contribution in [1.29, 1.82) is 0 Å². The zero-order chi connectivity index (χ0) is 14.6. The summed E-state index contributed by atoms with van der Waals surface area (Å²) in [7, 11) is -0.140. The average Bonchev–Trinajstić information content (AvgIpc) is 2.47. The largest absolute Gasteiger partial charge is 0.497 e. The van der Waals surface area contributed by atoms with E-state index in [1.807, 2.05) is 18.2 Å². The van der Waals surface area contributed by atoms with Crippen molar-refractivity contribution in [3.05, 3.63) is 23.8 Å². The molecule has 0 aliphatic carbocycles. The quantitative estimate of drug-likeness (QED) is 0.807. The number of methoxy groups -OCH3 is 1. The number of ether oxygens (including phenoxy) is 2. The Balaban J connectivity index is 2.04. The first-order valence-corrected chi connectivity index (χ1v) is 8.16. The van der Waals surface area contributed by atoms with Gasteiger partial charge >= 0.3 is 0 Å². The molecule has 1 unspecified atom stereocenters. The van der Waals surface area contributed by atoms with Crippen LogP contribution >= 0.6 is 0 Å². The number of fused-ring (bicyclic) bond motifs is 1. The van der Waals surface area contributed by atoms with E-state index >= 15 is 0 Å². The molecule has 1 aliphatic heterocycles. The molecule has 0 radical (unpaired) electrons. The van der Waals surface area contributed by atoms with E-state index < -0.39 is 10.0 Å². The molecule has 2 N–H and O–H groups in total. The fraction of sp³-hybridized carbons (Fsp3) is 0.538. The number of benzene rings is 1. The highest BCUT2D eigenvalue weighted by Crippen LogP contribution is 2.34. The number of rotatable bonds is 6. The van der Waals surface area contributed by atoms with Crippen LogP contribution in [0.3, 0.4) is 0 Å². The van der Waals surface area contributed by atoms with Crippen molar-refractivity contribution < 1.29 is 17.9 Å². The average molecular weight is 300 g/mol. The van der Waals surface area contributed by atoms with E-state index in [4.69, 9.17) is 9.47 Å². The summed E-state index contributed by atoms with van der Waals surface area (Å²) in [5, 5.41) is 3.26. The second-order valence-corrected chi connectivity index (χ2v) is 6.62. The molecule has 2 rings (SSSR count). The third-order valence-corrected chi connectivity index (χ3v) is 4.69. The van der Waals surface area contributed by atoms with Gasteiger partial charge in [0, 0.05) is 24.6 Å². The highest BCUT2D eigenvalue weighted by molar-refractivity contribution is 7.89. The smallest absolute Gasteiger partial charge is 0.212 e. The Hall–Kier alpha value is -1.31. The molecule has 112 valence electrons. The molecule has 1 aromatic carbocycles. The van der Waals surface area contributed by atoms with Gasteiger partial charge in [-0.15, -0.1) is 0 Å². The van der Waals surface area contributed by atoms with Gasteiger partial charge in [-0.25, -0.2) is 13.1 Å². The maximum Gasteiger partial charge on any atom is 0.212 e. The van der Waals surface area contributed by atoms with E-state index in [0.717, 1.165) is 23.5 Å². The molecule has 20 heavy (non-hydrogen) atoms. The van der Waals surface area contributed by atoms with Crippen molar-refractivity contribution in [3.8, 4) is 11.5 Å². The lowest BCUT2D eigenvalue weighted by Crippen LogP contribution is -2.33. The topological polar surface area (TPSA) is 76.7 Å². The first kappa shape index (κ1) is 15.1. The Labute approximate surface area is 119 Å². The van der Waals surface area contributed by atoms with Gasteiger partial charge in [0.2, 0.25) is 10.0 Å². The van der Waals surface area contributed by atoms with Crippen molar-refractivity contribution in [3.63, 3.8) is 0 Å². The zero-order valence-corrected chi connectivity index (χ0v) is 12.5. The van der Waals surface area contributed by atoms with Gasteiger partial charge in [-0.3, -0.25) is 0 Å². The molecule has 0 aromatic heterocycles. The summed E-state index contributed by atoms with van der Waals surface area (Å²) in [4.78, 5) is 0. The Kier molecular flexibility index (Phi) is 4.85. The van der Waals surface area contributed by atoms with Gasteiger partial charge in [0.05, 0.1) is 19.5 Å². The number of hydrogen-bond acceptors (Lipinski definition) is 5. The van der Waals surface area contributed by atoms with Crippen LogP contribution in [0.15, 0.2) is 18.2 Å². The summed E-state index contributed by atoms with van der Waals surface area (Å²) in [5.74, 6) is 1.65. The van der Waals surface area contributed by atoms with Gasteiger partial charge in [0.25, 0.3) is 0 Å². The molecular formula is C13H20N2O4S. The molecule has 0 saturated carbocycles. The molecule has 0 bridgehead atoms. The molecule has 0 saturated heterocycles. The molecule has 1 atom stereocenters. The van der Waals surface area contributed by atoms with Crippen molar-refractivity contribution in [2.75, 3.05) is 33.1 Å². The van der Waals surface area contributed by atoms with Crippen molar-refractivity contribution in [2.24, 2.45) is 0 Å². The SMILES string of the molecule is CNS(=O)(=O)CCNC1CCOc2ccc(OC)cc21. The summed E-state index contributed by atoms with van der Waals surface area (Å²) in [6.07, 6.45) is 0.805. The molecule has 0 amide bonds. The molecule has 0 fully saturated rings. The lowest BCUT2D eigenvalue weighted by molar-refractivity contribution is 0.253. The summed E-state index contributed by atoms with van der Waals surface area (Å²) < 4.78 is 35.9. The van der Waals surface area contributed by atoms with Crippen LogP contribution in [-0.2, 0) is 10.0 Å². The van der Waals surface area contributed by atoms with Gasteiger partial charge in [-0.1, -0.05) is 0 Å². The van der Waals surface area contributed by atoms with Gasteiger partial charge < -0.3 is 14.8 Å². The zero-order valence-electron chi connectivity index (χ0n) is 11.7. The van der Waals surface area contributed by atoms with Gasteiger partial charge in [0.1, 0.15) is 11.5 Å². The molecule has 7 heteroatoms. The second-order valence-electron chi connectivity index (χ2n) is 4.57. The highest BCUT2D eigenvalue weighted by atomic mass is 32.2. The van der Waals surface area contributed by atoms with Crippen LogP contribution in [0.5, 0.6) is 11.5 Å². The highest BCUT2D eigenvalue weighted by Gasteiger charge is 2.22. The normalized spacial score (nSPS) is 18.2. The van der Waals surface area contributed by atoms with Crippen LogP contribution in [0.1, 0.15) is 18.0 Å². The van der Waals surface area contributed by atoms with Crippen LogP contribution in [-0.4, -0.2) is 41.5 Å². The summed E-state index contributed by atoms with van der Waals surface area (Å²) in [5.41, 5.74) is 1.01. The Morgan fingerprint density at radius 2 is 2.25 bits per heavy atom. The van der Waals surface area contributed by atoms with Crippen LogP contribution in [0.25, 0.3) is 0 Å². The minimum absolute atomic E-state index is 0.0557. The first-order chi connectivity index (χ1) is 9.55. The number of hydrogen-bond donors (Lipinski definition) is 2. The lowest BCUT2D eigenvalue weighted by Gasteiger charge is -2.27. The van der Waals surface area contributed by atoms with Crippen LogP contribution in [0.2, 0.25) is 0 Å². The molecule has 1 aliphatic rings. The lowest BCUT2D eigenvalue weighted by atomic mass is 10.0. The predicted octanol–water partition coefficient (Wildman–Crippen LogP) is 0.658. The number of nitrogens with one attached hydrogen (secondary N) is 2. The van der Waals surface area contributed by atoms with Gasteiger partial charge in [-0.05, 0) is 25.2 Å².